The first-order chi connectivity index (χ1) is 8.70. The van der Waals surface area contributed by atoms with E-state index < -0.39 is 0 Å². The van der Waals surface area contributed by atoms with E-state index in [1.165, 1.54) is 19.2 Å². The van der Waals surface area contributed by atoms with Crippen molar-refractivity contribution in [3.8, 4) is 0 Å². The molecule has 98 valence electrons. The molecule has 0 bridgehead atoms. The van der Waals surface area contributed by atoms with E-state index in [2.05, 4.69) is 9.64 Å². The SMILES string of the molecule is COC(=O)CCN1CCCC1c1ccc(F)cc1. The highest BCUT2D eigenvalue weighted by molar-refractivity contribution is 5.69. The summed E-state index contributed by atoms with van der Waals surface area (Å²) in [4.78, 5) is 13.4. The number of ether oxygens (including phenoxy) is 1. The quantitative estimate of drug-likeness (QED) is 0.770. The highest BCUT2D eigenvalue weighted by Crippen LogP contribution is 2.31. The number of nitrogens with zero attached hydrogens (tertiary/aromatic N) is 1. The van der Waals surface area contributed by atoms with E-state index in [9.17, 15) is 9.18 Å². The van der Waals surface area contributed by atoms with Gasteiger partial charge in [-0.1, -0.05) is 12.1 Å². The molecule has 4 heteroatoms. The molecule has 3 nitrogen and oxygen atoms in total. The average molecular weight is 251 g/mol. The van der Waals surface area contributed by atoms with Gasteiger partial charge in [-0.15, -0.1) is 0 Å². The van der Waals surface area contributed by atoms with Crippen molar-refractivity contribution in [3.63, 3.8) is 0 Å². The Hall–Kier alpha value is -1.42. The summed E-state index contributed by atoms with van der Waals surface area (Å²) >= 11 is 0. The minimum Gasteiger partial charge on any atom is -0.469 e. The van der Waals surface area contributed by atoms with Gasteiger partial charge in [0.1, 0.15) is 5.82 Å². The van der Waals surface area contributed by atoms with Crippen LogP contribution in [0.2, 0.25) is 0 Å². The van der Waals surface area contributed by atoms with Gasteiger partial charge in [0.05, 0.1) is 13.5 Å². The summed E-state index contributed by atoms with van der Waals surface area (Å²) in [7, 11) is 1.41. The topological polar surface area (TPSA) is 29.5 Å². The third kappa shape index (κ3) is 3.07. The molecule has 1 saturated heterocycles. The summed E-state index contributed by atoms with van der Waals surface area (Å²) in [5.74, 6) is -0.391. The number of rotatable bonds is 4. The average Bonchev–Trinajstić information content (AvgIpc) is 2.85. The fourth-order valence-electron chi connectivity index (χ4n) is 2.49. The third-order valence-corrected chi connectivity index (χ3v) is 3.45. The molecule has 0 radical (unpaired) electrons. The number of hydrogen-bond acceptors (Lipinski definition) is 3. The van der Waals surface area contributed by atoms with Crippen LogP contribution in [-0.2, 0) is 9.53 Å². The zero-order valence-electron chi connectivity index (χ0n) is 10.6. The minimum atomic E-state index is -0.210. The number of halogens is 1. The lowest BCUT2D eigenvalue weighted by atomic mass is 10.0. The summed E-state index contributed by atoms with van der Waals surface area (Å²) in [5, 5.41) is 0. The van der Waals surface area contributed by atoms with Crippen LogP contribution in [0.15, 0.2) is 24.3 Å². The molecule has 1 unspecified atom stereocenters. The summed E-state index contributed by atoms with van der Waals surface area (Å²) in [6.45, 7) is 1.69. The van der Waals surface area contributed by atoms with Crippen molar-refractivity contribution in [3.05, 3.63) is 35.6 Å². The van der Waals surface area contributed by atoms with Gasteiger partial charge in [-0.25, -0.2) is 4.39 Å². The Morgan fingerprint density at radius 3 is 2.83 bits per heavy atom. The Morgan fingerprint density at radius 1 is 1.44 bits per heavy atom. The van der Waals surface area contributed by atoms with Gasteiger partial charge in [-0.2, -0.15) is 0 Å². The fourth-order valence-corrected chi connectivity index (χ4v) is 2.49. The first-order valence-corrected chi connectivity index (χ1v) is 6.27. The van der Waals surface area contributed by atoms with Gasteiger partial charge in [0.15, 0.2) is 0 Å². The Labute approximate surface area is 107 Å². The van der Waals surface area contributed by atoms with E-state index in [1.54, 1.807) is 0 Å². The highest BCUT2D eigenvalue weighted by Gasteiger charge is 2.26. The zero-order valence-corrected chi connectivity index (χ0v) is 10.6. The number of hydrogen-bond donors (Lipinski definition) is 0. The zero-order chi connectivity index (χ0) is 13.0. The Morgan fingerprint density at radius 2 is 2.17 bits per heavy atom. The third-order valence-electron chi connectivity index (χ3n) is 3.45. The molecule has 1 aliphatic heterocycles. The van der Waals surface area contributed by atoms with Gasteiger partial charge in [-0.3, -0.25) is 9.69 Å². The lowest BCUT2D eigenvalue weighted by molar-refractivity contribution is -0.141. The van der Waals surface area contributed by atoms with Gasteiger partial charge in [0.2, 0.25) is 0 Å². The molecule has 0 aliphatic carbocycles. The van der Waals surface area contributed by atoms with Crippen LogP contribution in [0.5, 0.6) is 0 Å². The Bertz CT molecular complexity index is 405. The van der Waals surface area contributed by atoms with Gasteiger partial charge >= 0.3 is 5.97 Å². The van der Waals surface area contributed by atoms with Crippen LogP contribution in [0, 0.1) is 5.82 Å². The molecule has 0 amide bonds. The normalized spacial score (nSPS) is 20.0. The number of methoxy groups -OCH3 is 1. The maximum atomic E-state index is 12.9. The molecular formula is C14H18FNO2. The number of likely N-dealkylation sites (tertiary alicyclic amines) is 1. The van der Waals surface area contributed by atoms with Gasteiger partial charge in [0, 0.05) is 12.6 Å². The van der Waals surface area contributed by atoms with Crippen LogP contribution in [0.3, 0.4) is 0 Å². The number of esters is 1. The predicted octanol–water partition coefficient (Wildman–Crippen LogP) is 2.53. The molecule has 1 atom stereocenters. The molecule has 0 spiro atoms. The first kappa shape index (κ1) is 13.0. The Balaban J connectivity index is 1.98. The van der Waals surface area contributed by atoms with E-state index in [4.69, 9.17) is 0 Å². The minimum absolute atomic E-state index is 0.181. The molecule has 1 aliphatic rings. The molecule has 2 rings (SSSR count). The van der Waals surface area contributed by atoms with E-state index in [0.29, 0.717) is 19.0 Å². The van der Waals surface area contributed by atoms with Crippen LogP contribution in [-0.4, -0.2) is 31.1 Å². The largest absolute Gasteiger partial charge is 0.469 e. The molecule has 1 fully saturated rings. The number of carbonyl (C=O) groups is 1. The monoisotopic (exact) mass is 251 g/mol. The molecule has 1 heterocycles. The van der Waals surface area contributed by atoms with Crippen molar-refractivity contribution in [2.45, 2.75) is 25.3 Å². The van der Waals surface area contributed by atoms with Crippen LogP contribution < -0.4 is 0 Å². The van der Waals surface area contributed by atoms with Crippen molar-refractivity contribution in [1.29, 1.82) is 0 Å². The lowest BCUT2D eigenvalue weighted by Crippen LogP contribution is -2.26. The standard InChI is InChI=1S/C14H18FNO2/c1-18-14(17)8-10-16-9-2-3-13(16)11-4-6-12(15)7-5-11/h4-7,13H,2-3,8-10H2,1H3. The second-order valence-corrected chi connectivity index (χ2v) is 4.57. The molecule has 0 N–H and O–H groups in total. The number of benzene rings is 1. The van der Waals surface area contributed by atoms with Crippen LogP contribution >= 0.6 is 0 Å². The molecule has 0 aromatic heterocycles. The molecule has 1 aromatic rings. The smallest absolute Gasteiger partial charge is 0.306 e. The van der Waals surface area contributed by atoms with E-state index in [-0.39, 0.29) is 11.8 Å². The lowest BCUT2D eigenvalue weighted by Gasteiger charge is -2.24. The Kier molecular flexibility index (Phi) is 4.31. The summed E-state index contributed by atoms with van der Waals surface area (Å²) in [5.41, 5.74) is 1.12. The predicted molar refractivity (Wildman–Crippen MR) is 66.6 cm³/mol. The van der Waals surface area contributed by atoms with Crippen LogP contribution in [0.25, 0.3) is 0 Å². The van der Waals surface area contributed by atoms with Crippen molar-refractivity contribution in [2.75, 3.05) is 20.2 Å². The van der Waals surface area contributed by atoms with E-state index >= 15 is 0 Å². The van der Waals surface area contributed by atoms with Gasteiger partial charge in [0.25, 0.3) is 0 Å². The maximum Gasteiger partial charge on any atom is 0.306 e. The first-order valence-electron chi connectivity index (χ1n) is 6.27. The molecule has 1 aromatic carbocycles. The van der Waals surface area contributed by atoms with Crippen LogP contribution in [0.1, 0.15) is 30.9 Å². The summed E-state index contributed by atoms with van der Waals surface area (Å²) in [6.07, 6.45) is 2.59. The van der Waals surface area contributed by atoms with Crippen molar-refractivity contribution in [2.24, 2.45) is 0 Å². The van der Waals surface area contributed by atoms with Gasteiger partial charge < -0.3 is 4.74 Å². The molecular weight excluding hydrogens is 233 g/mol. The molecule has 18 heavy (non-hydrogen) atoms. The van der Waals surface area contributed by atoms with E-state index in [1.807, 2.05) is 12.1 Å². The van der Waals surface area contributed by atoms with Crippen molar-refractivity contribution < 1.29 is 13.9 Å². The van der Waals surface area contributed by atoms with E-state index in [0.717, 1.165) is 24.9 Å². The maximum absolute atomic E-state index is 12.9. The highest BCUT2D eigenvalue weighted by atomic mass is 19.1. The van der Waals surface area contributed by atoms with Crippen LogP contribution in [0.4, 0.5) is 4.39 Å². The van der Waals surface area contributed by atoms with Gasteiger partial charge in [-0.05, 0) is 37.1 Å². The van der Waals surface area contributed by atoms with Crippen molar-refractivity contribution in [1.82, 2.24) is 4.90 Å². The summed E-state index contributed by atoms with van der Waals surface area (Å²) < 4.78 is 17.5. The molecule has 0 saturated carbocycles. The fraction of sp³-hybridized carbons (Fsp3) is 0.500. The summed E-state index contributed by atoms with van der Waals surface area (Å²) in [6, 6.07) is 6.95. The second kappa shape index (κ2) is 5.96. The van der Waals surface area contributed by atoms with Crippen molar-refractivity contribution >= 4 is 5.97 Å². The number of carbonyl (C=O) groups excluding carboxylic acids is 1. The second-order valence-electron chi connectivity index (χ2n) is 4.57.